The molecule has 0 unspecified atom stereocenters. The normalized spacial score (nSPS) is 26.9. The smallest absolute Gasteiger partial charge is 0.222 e. The molecule has 2 saturated heterocycles. The second-order valence-electron chi connectivity index (χ2n) is 6.34. The molecular weight excluding hydrogens is 314 g/mol. The quantitative estimate of drug-likeness (QED) is 0.808. The average molecular weight is 337 g/mol. The Morgan fingerprint density at radius 3 is 2.74 bits per heavy atom. The van der Waals surface area contributed by atoms with Gasteiger partial charge >= 0.3 is 0 Å². The van der Waals surface area contributed by atoms with Crippen molar-refractivity contribution in [3.63, 3.8) is 0 Å². The molecule has 1 aromatic heterocycles. The van der Waals surface area contributed by atoms with Crippen LogP contribution >= 0.6 is 0 Å². The SMILES string of the molecule is CCCC(=O)N1CCN(Cc2ccccn2)[C@@H]2CS(=O)(=O)C[C@@H]21. The van der Waals surface area contributed by atoms with Crippen LogP contribution in [0.3, 0.4) is 0 Å². The second kappa shape index (κ2) is 6.57. The summed E-state index contributed by atoms with van der Waals surface area (Å²) in [6.07, 6.45) is 3.03. The maximum atomic E-state index is 12.3. The van der Waals surface area contributed by atoms with E-state index in [9.17, 15) is 13.2 Å². The number of aromatic nitrogens is 1. The largest absolute Gasteiger partial charge is 0.336 e. The van der Waals surface area contributed by atoms with Gasteiger partial charge in [-0.15, -0.1) is 0 Å². The van der Waals surface area contributed by atoms with Crippen LogP contribution in [0.5, 0.6) is 0 Å². The number of nitrogens with zero attached hydrogens (tertiary/aromatic N) is 3. The Kier molecular flexibility index (Phi) is 4.68. The van der Waals surface area contributed by atoms with Gasteiger partial charge in [0.2, 0.25) is 5.91 Å². The van der Waals surface area contributed by atoms with Crippen LogP contribution in [0.15, 0.2) is 24.4 Å². The van der Waals surface area contributed by atoms with E-state index in [-0.39, 0.29) is 29.5 Å². The summed E-state index contributed by atoms with van der Waals surface area (Å²) in [7, 11) is -3.09. The molecule has 6 nitrogen and oxygen atoms in total. The zero-order chi connectivity index (χ0) is 16.4. The fourth-order valence-electron chi connectivity index (χ4n) is 3.59. The predicted octanol–water partition coefficient (Wildman–Crippen LogP) is 0.692. The van der Waals surface area contributed by atoms with Crippen LogP contribution in [0.4, 0.5) is 0 Å². The maximum absolute atomic E-state index is 12.3. The lowest BCUT2D eigenvalue weighted by Gasteiger charge is -2.43. The average Bonchev–Trinajstić information content (AvgIpc) is 2.84. The van der Waals surface area contributed by atoms with E-state index in [0.717, 1.165) is 12.1 Å². The number of amides is 1. The monoisotopic (exact) mass is 337 g/mol. The number of hydrogen-bond donors (Lipinski definition) is 0. The third-order valence-electron chi connectivity index (χ3n) is 4.67. The zero-order valence-electron chi connectivity index (χ0n) is 13.4. The van der Waals surface area contributed by atoms with Gasteiger partial charge in [0.1, 0.15) is 0 Å². The standard InChI is InChI=1S/C16H23N3O3S/c1-2-5-16(20)19-9-8-18(10-13-6-3-4-7-17-13)14-11-23(21,22)12-15(14)19/h3-4,6-7,14-15H,2,5,8-12H2,1H3/t14-,15+/m1/s1. The van der Waals surface area contributed by atoms with Crippen LogP contribution in [0, 0.1) is 0 Å². The van der Waals surface area contributed by atoms with E-state index in [1.807, 2.05) is 25.1 Å². The highest BCUT2D eigenvalue weighted by atomic mass is 32.2. The zero-order valence-corrected chi connectivity index (χ0v) is 14.2. The number of carbonyl (C=O) groups is 1. The number of hydrogen-bond acceptors (Lipinski definition) is 5. The van der Waals surface area contributed by atoms with E-state index in [4.69, 9.17) is 0 Å². The highest BCUT2D eigenvalue weighted by molar-refractivity contribution is 7.91. The minimum atomic E-state index is -3.09. The molecule has 2 fully saturated rings. The number of carbonyl (C=O) groups excluding carboxylic acids is 1. The first-order valence-corrected chi connectivity index (χ1v) is 9.96. The number of pyridine rings is 1. The van der Waals surface area contributed by atoms with Crippen molar-refractivity contribution in [1.29, 1.82) is 0 Å². The molecule has 0 N–H and O–H groups in total. The van der Waals surface area contributed by atoms with Crippen molar-refractivity contribution in [2.24, 2.45) is 0 Å². The van der Waals surface area contributed by atoms with Crippen LogP contribution < -0.4 is 0 Å². The molecule has 0 spiro atoms. The lowest BCUT2D eigenvalue weighted by molar-refractivity contribution is -0.137. The van der Waals surface area contributed by atoms with E-state index in [1.54, 1.807) is 11.1 Å². The Morgan fingerprint density at radius 2 is 2.04 bits per heavy atom. The number of sulfone groups is 1. The van der Waals surface area contributed by atoms with Crippen molar-refractivity contribution >= 4 is 15.7 Å². The van der Waals surface area contributed by atoms with Crippen LogP contribution in [0.2, 0.25) is 0 Å². The summed E-state index contributed by atoms with van der Waals surface area (Å²) in [5.41, 5.74) is 0.934. The molecule has 2 atom stereocenters. The summed E-state index contributed by atoms with van der Waals surface area (Å²) in [5, 5.41) is 0. The second-order valence-corrected chi connectivity index (χ2v) is 8.49. The van der Waals surface area contributed by atoms with Gasteiger partial charge in [-0.1, -0.05) is 13.0 Å². The van der Waals surface area contributed by atoms with Crippen molar-refractivity contribution in [1.82, 2.24) is 14.8 Å². The van der Waals surface area contributed by atoms with Gasteiger partial charge in [-0.3, -0.25) is 14.7 Å². The van der Waals surface area contributed by atoms with E-state index >= 15 is 0 Å². The van der Waals surface area contributed by atoms with Crippen molar-refractivity contribution < 1.29 is 13.2 Å². The van der Waals surface area contributed by atoms with Crippen LogP contribution in [-0.4, -0.2) is 65.8 Å². The first-order chi connectivity index (χ1) is 11.0. The minimum absolute atomic E-state index is 0.0806. The topological polar surface area (TPSA) is 70.6 Å². The van der Waals surface area contributed by atoms with Gasteiger partial charge < -0.3 is 4.90 Å². The molecule has 126 valence electrons. The molecule has 3 rings (SSSR count). The summed E-state index contributed by atoms with van der Waals surface area (Å²) in [6, 6.07) is 5.43. The summed E-state index contributed by atoms with van der Waals surface area (Å²) < 4.78 is 24.3. The number of piperazine rings is 1. The molecule has 7 heteroatoms. The van der Waals surface area contributed by atoms with Crippen LogP contribution in [-0.2, 0) is 21.2 Å². The minimum Gasteiger partial charge on any atom is -0.336 e. The van der Waals surface area contributed by atoms with E-state index in [0.29, 0.717) is 26.1 Å². The molecule has 3 heterocycles. The summed E-state index contributed by atoms with van der Waals surface area (Å²) in [6.45, 7) is 3.90. The van der Waals surface area contributed by atoms with Gasteiger partial charge in [0.15, 0.2) is 9.84 Å². The fraction of sp³-hybridized carbons (Fsp3) is 0.625. The predicted molar refractivity (Wildman–Crippen MR) is 87.5 cm³/mol. The Hall–Kier alpha value is -1.47. The first kappa shape index (κ1) is 16.4. The Bertz CT molecular complexity index is 662. The van der Waals surface area contributed by atoms with Crippen molar-refractivity contribution in [2.75, 3.05) is 24.6 Å². The Morgan fingerprint density at radius 1 is 1.26 bits per heavy atom. The molecule has 23 heavy (non-hydrogen) atoms. The Balaban J connectivity index is 1.79. The number of fused-ring (bicyclic) bond motifs is 1. The highest BCUT2D eigenvalue weighted by Crippen LogP contribution is 2.28. The molecule has 0 saturated carbocycles. The van der Waals surface area contributed by atoms with Gasteiger partial charge in [0, 0.05) is 38.3 Å². The van der Waals surface area contributed by atoms with Gasteiger partial charge in [-0.2, -0.15) is 0 Å². The lowest BCUT2D eigenvalue weighted by atomic mass is 10.0. The molecule has 0 aromatic carbocycles. The highest BCUT2D eigenvalue weighted by Gasteiger charge is 2.47. The molecule has 1 amide bonds. The molecular formula is C16H23N3O3S. The van der Waals surface area contributed by atoms with Crippen LogP contribution in [0.25, 0.3) is 0 Å². The van der Waals surface area contributed by atoms with E-state index in [1.165, 1.54) is 0 Å². The molecule has 2 aliphatic rings. The lowest BCUT2D eigenvalue weighted by Crippen LogP contribution is -2.60. The molecule has 0 aliphatic carbocycles. The fourth-order valence-corrected chi connectivity index (χ4v) is 5.60. The maximum Gasteiger partial charge on any atom is 0.222 e. The van der Waals surface area contributed by atoms with E-state index < -0.39 is 9.84 Å². The molecule has 1 aromatic rings. The van der Waals surface area contributed by atoms with Gasteiger partial charge in [0.25, 0.3) is 0 Å². The third-order valence-corrected chi connectivity index (χ3v) is 6.37. The third kappa shape index (κ3) is 3.55. The van der Waals surface area contributed by atoms with Crippen molar-refractivity contribution in [3.8, 4) is 0 Å². The molecule has 0 radical (unpaired) electrons. The summed E-state index contributed by atoms with van der Waals surface area (Å²) in [5.74, 6) is 0.309. The molecule has 0 bridgehead atoms. The molecule has 2 aliphatic heterocycles. The van der Waals surface area contributed by atoms with Gasteiger partial charge in [-0.25, -0.2) is 8.42 Å². The van der Waals surface area contributed by atoms with Crippen molar-refractivity contribution in [3.05, 3.63) is 30.1 Å². The van der Waals surface area contributed by atoms with E-state index in [2.05, 4.69) is 9.88 Å². The summed E-state index contributed by atoms with van der Waals surface area (Å²) in [4.78, 5) is 20.6. The Labute approximate surface area is 137 Å². The summed E-state index contributed by atoms with van der Waals surface area (Å²) >= 11 is 0. The van der Waals surface area contributed by atoms with Gasteiger partial charge in [-0.05, 0) is 18.6 Å². The number of rotatable bonds is 4. The van der Waals surface area contributed by atoms with Crippen LogP contribution in [0.1, 0.15) is 25.5 Å². The first-order valence-electron chi connectivity index (χ1n) is 8.14. The van der Waals surface area contributed by atoms with Crippen molar-refractivity contribution in [2.45, 2.75) is 38.4 Å². The van der Waals surface area contributed by atoms with Gasteiger partial charge in [0.05, 0.1) is 23.2 Å².